The van der Waals surface area contributed by atoms with Gasteiger partial charge in [0, 0.05) is 29.1 Å². The van der Waals surface area contributed by atoms with Crippen molar-refractivity contribution in [2.75, 3.05) is 17.1 Å². The van der Waals surface area contributed by atoms with Gasteiger partial charge in [-0.2, -0.15) is 0 Å². The molecule has 0 radical (unpaired) electrons. The number of anilines is 2. The van der Waals surface area contributed by atoms with Crippen molar-refractivity contribution in [1.82, 2.24) is 15.0 Å². The van der Waals surface area contributed by atoms with Crippen molar-refractivity contribution in [3.8, 4) is 0 Å². The summed E-state index contributed by atoms with van der Waals surface area (Å²) in [5.41, 5.74) is 1.36. The quantitative estimate of drug-likeness (QED) is 0.853. The number of aryl methyl sites for hydroxylation is 2. The summed E-state index contributed by atoms with van der Waals surface area (Å²) in [5.74, 6) is 0.282. The second-order valence-corrected chi connectivity index (χ2v) is 6.90. The molecule has 0 unspecified atom stereocenters. The average Bonchev–Trinajstić information content (AvgIpc) is 2.36. The second-order valence-electron chi connectivity index (χ2n) is 4.33. The molecule has 0 aliphatic heterocycles. The van der Waals surface area contributed by atoms with Crippen molar-refractivity contribution in [1.29, 1.82) is 0 Å². The summed E-state index contributed by atoms with van der Waals surface area (Å²) in [6, 6.07) is 3.22. The van der Waals surface area contributed by atoms with Crippen LogP contribution in [0.4, 0.5) is 11.8 Å². The molecule has 0 spiro atoms. The SMILES string of the molecule is CNc1ncc(Br)cc1S(=O)(=O)Nc1nc(C)cc(C)n1. The Labute approximate surface area is 131 Å². The molecule has 0 amide bonds. The third-order valence-electron chi connectivity index (χ3n) is 2.55. The lowest BCUT2D eigenvalue weighted by Crippen LogP contribution is -2.17. The molecular formula is C12H14BrN5O2S. The van der Waals surface area contributed by atoms with Gasteiger partial charge in [-0.25, -0.2) is 28.1 Å². The molecule has 2 heterocycles. The van der Waals surface area contributed by atoms with Gasteiger partial charge in [-0.05, 0) is 41.9 Å². The highest BCUT2D eigenvalue weighted by Gasteiger charge is 2.21. The predicted molar refractivity (Wildman–Crippen MR) is 83.8 cm³/mol. The monoisotopic (exact) mass is 371 g/mol. The fourth-order valence-electron chi connectivity index (χ4n) is 1.76. The maximum absolute atomic E-state index is 12.5. The maximum atomic E-state index is 12.5. The van der Waals surface area contributed by atoms with Crippen molar-refractivity contribution in [2.24, 2.45) is 0 Å². The lowest BCUT2D eigenvalue weighted by Gasteiger charge is -2.11. The standard InChI is InChI=1S/C12H14BrN5O2S/c1-7-4-8(2)17-12(16-7)18-21(19,20)10-5-9(13)6-15-11(10)14-3/h4-6H,1-3H3,(H,14,15)(H,16,17,18). The number of sulfonamides is 1. The summed E-state index contributed by atoms with van der Waals surface area (Å²) in [4.78, 5) is 12.2. The van der Waals surface area contributed by atoms with Crippen LogP contribution in [0.2, 0.25) is 0 Å². The zero-order chi connectivity index (χ0) is 15.6. The summed E-state index contributed by atoms with van der Waals surface area (Å²) in [6.45, 7) is 3.54. The van der Waals surface area contributed by atoms with Gasteiger partial charge in [-0.1, -0.05) is 0 Å². The van der Waals surface area contributed by atoms with E-state index in [1.165, 1.54) is 12.3 Å². The van der Waals surface area contributed by atoms with E-state index in [1.807, 2.05) is 0 Å². The fourth-order valence-corrected chi connectivity index (χ4v) is 3.38. The molecular weight excluding hydrogens is 358 g/mol. The molecule has 0 aliphatic carbocycles. The molecule has 0 saturated carbocycles. The number of hydrogen-bond donors (Lipinski definition) is 2. The first-order chi connectivity index (χ1) is 9.81. The predicted octanol–water partition coefficient (Wildman–Crippen LogP) is 2.09. The van der Waals surface area contributed by atoms with Gasteiger partial charge in [0.1, 0.15) is 10.7 Å². The van der Waals surface area contributed by atoms with Crippen LogP contribution in [0, 0.1) is 13.8 Å². The molecule has 2 N–H and O–H groups in total. The van der Waals surface area contributed by atoms with E-state index in [2.05, 4.69) is 40.9 Å². The Morgan fingerprint density at radius 3 is 2.33 bits per heavy atom. The maximum Gasteiger partial charge on any atom is 0.267 e. The van der Waals surface area contributed by atoms with Gasteiger partial charge in [0.15, 0.2) is 0 Å². The van der Waals surface area contributed by atoms with Crippen LogP contribution in [0.3, 0.4) is 0 Å². The molecule has 21 heavy (non-hydrogen) atoms. The lowest BCUT2D eigenvalue weighted by atomic mass is 10.4. The van der Waals surface area contributed by atoms with Gasteiger partial charge >= 0.3 is 0 Å². The molecule has 2 aromatic heterocycles. The number of aromatic nitrogens is 3. The van der Waals surface area contributed by atoms with Crippen molar-refractivity contribution >= 4 is 37.7 Å². The average molecular weight is 372 g/mol. The van der Waals surface area contributed by atoms with E-state index in [1.54, 1.807) is 27.0 Å². The summed E-state index contributed by atoms with van der Waals surface area (Å²) < 4.78 is 27.9. The van der Waals surface area contributed by atoms with Gasteiger partial charge in [0.2, 0.25) is 5.95 Å². The smallest absolute Gasteiger partial charge is 0.267 e. The highest BCUT2D eigenvalue weighted by Crippen LogP contribution is 2.24. The summed E-state index contributed by atoms with van der Waals surface area (Å²) in [7, 11) is -2.24. The minimum Gasteiger partial charge on any atom is -0.372 e. The van der Waals surface area contributed by atoms with E-state index < -0.39 is 10.0 Å². The van der Waals surface area contributed by atoms with Crippen LogP contribution in [-0.4, -0.2) is 30.4 Å². The normalized spacial score (nSPS) is 11.2. The first-order valence-electron chi connectivity index (χ1n) is 6.00. The van der Waals surface area contributed by atoms with Crippen molar-refractivity contribution in [3.63, 3.8) is 0 Å². The highest BCUT2D eigenvalue weighted by atomic mass is 79.9. The van der Waals surface area contributed by atoms with Crippen molar-refractivity contribution in [2.45, 2.75) is 18.7 Å². The third kappa shape index (κ3) is 3.67. The summed E-state index contributed by atoms with van der Waals surface area (Å²) in [6.07, 6.45) is 1.51. The van der Waals surface area contributed by atoms with Gasteiger partial charge in [-0.3, -0.25) is 0 Å². The van der Waals surface area contributed by atoms with Gasteiger partial charge < -0.3 is 5.32 Å². The van der Waals surface area contributed by atoms with Crippen LogP contribution in [0.5, 0.6) is 0 Å². The van der Waals surface area contributed by atoms with Crippen LogP contribution < -0.4 is 10.0 Å². The molecule has 2 aromatic rings. The van der Waals surface area contributed by atoms with Crippen LogP contribution in [0.15, 0.2) is 27.7 Å². The molecule has 0 fully saturated rings. The Bertz CT molecular complexity index is 759. The zero-order valence-corrected chi connectivity index (χ0v) is 14.1. The Balaban J connectivity index is 2.45. The fraction of sp³-hybridized carbons (Fsp3) is 0.250. The van der Waals surface area contributed by atoms with E-state index in [9.17, 15) is 8.42 Å². The van der Waals surface area contributed by atoms with Gasteiger partial charge in [0.25, 0.3) is 10.0 Å². The highest BCUT2D eigenvalue weighted by molar-refractivity contribution is 9.10. The third-order valence-corrected chi connectivity index (χ3v) is 4.33. The summed E-state index contributed by atoms with van der Waals surface area (Å²) >= 11 is 3.21. The van der Waals surface area contributed by atoms with E-state index >= 15 is 0 Å². The van der Waals surface area contributed by atoms with Crippen molar-refractivity contribution < 1.29 is 8.42 Å². The molecule has 0 aromatic carbocycles. The second kappa shape index (κ2) is 5.94. The Hall–Kier alpha value is -1.74. The lowest BCUT2D eigenvalue weighted by molar-refractivity contribution is 0.600. The number of rotatable bonds is 4. The zero-order valence-electron chi connectivity index (χ0n) is 11.7. The molecule has 9 heteroatoms. The Kier molecular flexibility index (Phi) is 4.43. The minimum atomic E-state index is -3.84. The molecule has 0 aliphatic rings. The van der Waals surface area contributed by atoms with Crippen LogP contribution >= 0.6 is 15.9 Å². The molecule has 2 rings (SSSR count). The van der Waals surface area contributed by atoms with E-state index in [0.717, 1.165) is 0 Å². The topological polar surface area (TPSA) is 96.9 Å². The largest absolute Gasteiger partial charge is 0.372 e. The summed E-state index contributed by atoms with van der Waals surface area (Å²) in [5, 5.41) is 2.75. The number of halogens is 1. The molecule has 112 valence electrons. The van der Waals surface area contributed by atoms with Gasteiger partial charge in [0.05, 0.1) is 0 Å². The first-order valence-corrected chi connectivity index (χ1v) is 8.28. The van der Waals surface area contributed by atoms with Crippen molar-refractivity contribution in [3.05, 3.63) is 34.2 Å². The molecule has 0 saturated heterocycles. The minimum absolute atomic E-state index is 0.0159. The van der Waals surface area contributed by atoms with Crippen LogP contribution in [0.25, 0.3) is 0 Å². The van der Waals surface area contributed by atoms with Gasteiger partial charge in [-0.15, -0.1) is 0 Å². The van der Waals surface area contributed by atoms with E-state index in [0.29, 0.717) is 15.9 Å². The Morgan fingerprint density at radius 2 is 1.76 bits per heavy atom. The number of hydrogen-bond acceptors (Lipinski definition) is 6. The van der Waals surface area contributed by atoms with Crippen LogP contribution in [-0.2, 0) is 10.0 Å². The molecule has 0 bridgehead atoms. The Morgan fingerprint density at radius 1 is 1.14 bits per heavy atom. The van der Waals surface area contributed by atoms with E-state index in [4.69, 9.17) is 0 Å². The molecule has 7 nitrogen and oxygen atoms in total. The first kappa shape index (κ1) is 15.6. The number of pyridine rings is 1. The number of nitrogens with zero attached hydrogens (tertiary/aromatic N) is 3. The molecule has 0 atom stereocenters. The van der Waals surface area contributed by atoms with E-state index in [-0.39, 0.29) is 16.7 Å². The van der Waals surface area contributed by atoms with Crippen LogP contribution in [0.1, 0.15) is 11.4 Å². The number of nitrogens with one attached hydrogen (secondary N) is 2.